The van der Waals surface area contributed by atoms with Crippen molar-refractivity contribution in [2.24, 2.45) is 0 Å². The minimum absolute atomic E-state index is 0.249. The summed E-state index contributed by atoms with van der Waals surface area (Å²) in [6.07, 6.45) is 0.249. The van der Waals surface area contributed by atoms with E-state index in [1.54, 1.807) is 35.0 Å². The molecule has 8 heteroatoms. The van der Waals surface area contributed by atoms with E-state index in [2.05, 4.69) is 20.4 Å². The molecule has 0 spiro atoms. The van der Waals surface area contributed by atoms with Crippen molar-refractivity contribution >= 4 is 11.8 Å². The van der Waals surface area contributed by atoms with E-state index >= 15 is 0 Å². The Morgan fingerprint density at radius 2 is 1.89 bits per heavy atom. The van der Waals surface area contributed by atoms with Gasteiger partial charge < -0.3 is 10.4 Å². The number of carboxylic acids is 1. The Balaban J connectivity index is 1.86. The lowest BCUT2D eigenvalue weighted by Crippen LogP contribution is -2.32. The third-order valence-electron chi connectivity index (χ3n) is 4.18. The number of aromatic nitrogens is 4. The Kier molecular flexibility index (Phi) is 5.36. The molecule has 8 nitrogen and oxygen atoms in total. The lowest BCUT2D eigenvalue weighted by molar-refractivity contribution is -0.137. The zero-order valence-electron chi connectivity index (χ0n) is 15.8. The second kappa shape index (κ2) is 7.88. The van der Waals surface area contributed by atoms with Gasteiger partial charge in [0.1, 0.15) is 11.9 Å². The minimum Gasteiger partial charge on any atom is -0.480 e. The minimum atomic E-state index is -0.992. The van der Waals surface area contributed by atoms with E-state index in [9.17, 15) is 9.90 Å². The second-order valence-corrected chi connectivity index (χ2v) is 6.58. The number of aliphatic carboxylic acids is 1. The van der Waals surface area contributed by atoms with E-state index < -0.39 is 12.0 Å². The molecule has 0 saturated carbocycles. The zero-order chi connectivity index (χ0) is 20.3. The number of aryl methyl sites for hydroxylation is 3. The summed E-state index contributed by atoms with van der Waals surface area (Å²) in [6.45, 7) is 5.61. The van der Waals surface area contributed by atoms with Gasteiger partial charge in [0, 0.05) is 23.9 Å². The van der Waals surface area contributed by atoms with Crippen LogP contribution < -0.4 is 5.32 Å². The van der Waals surface area contributed by atoms with Gasteiger partial charge in [-0.1, -0.05) is 12.1 Å². The number of carboxylic acid groups (broad SMARTS) is 1. The van der Waals surface area contributed by atoms with Gasteiger partial charge in [-0.15, -0.1) is 0 Å². The summed E-state index contributed by atoms with van der Waals surface area (Å²) < 4.78 is 1.63. The maximum Gasteiger partial charge on any atom is 0.326 e. The molecule has 3 rings (SSSR count). The smallest absolute Gasteiger partial charge is 0.326 e. The highest BCUT2D eigenvalue weighted by molar-refractivity contribution is 5.77. The molecule has 28 heavy (non-hydrogen) atoms. The van der Waals surface area contributed by atoms with Gasteiger partial charge in [-0.3, -0.25) is 0 Å². The van der Waals surface area contributed by atoms with E-state index in [-0.39, 0.29) is 6.42 Å². The van der Waals surface area contributed by atoms with Crippen molar-refractivity contribution in [1.82, 2.24) is 19.7 Å². The van der Waals surface area contributed by atoms with Crippen LogP contribution in [0.2, 0.25) is 0 Å². The van der Waals surface area contributed by atoms with Gasteiger partial charge in [0.25, 0.3) is 5.95 Å². The Bertz CT molecular complexity index is 1050. The van der Waals surface area contributed by atoms with Crippen LogP contribution in [-0.4, -0.2) is 36.9 Å². The van der Waals surface area contributed by atoms with Gasteiger partial charge >= 0.3 is 5.97 Å². The normalized spacial score (nSPS) is 11.6. The molecule has 2 aromatic heterocycles. The molecule has 1 aromatic carbocycles. The van der Waals surface area contributed by atoms with Crippen molar-refractivity contribution in [1.29, 1.82) is 5.26 Å². The topological polar surface area (TPSA) is 117 Å². The number of rotatable bonds is 6. The Hall–Kier alpha value is -3.73. The molecule has 2 N–H and O–H groups in total. The summed E-state index contributed by atoms with van der Waals surface area (Å²) >= 11 is 0. The van der Waals surface area contributed by atoms with Crippen LogP contribution in [0.5, 0.6) is 0 Å². The Morgan fingerprint density at radius 1 is 1.18 bits per heavy atom. The molecule has 0 bridgehead atoms. The van der Waals surface area contributed by atoms with Crippen molar-refractivity contribution in [2.75, 3.05) is 5.32 Å². The van der Waals surface area contributed by atoms with Crippen molar-refractivity contribution in [3.63, 3.8) is 0 Å². The molecular formula is C20H20N6O2. The first-order valence-electron chi connectivity index (χ1n) is 8.73. The summed E-state index contributed by atoms with van der Waals surface area (Å²) in [5.41, 5.74) is 3.78. The Morgan fingerprint density at radius 3 is 2.46 bits per heavy atom. The van der Waals surface area contributed by atoms with Crippen molar-refractivity contribution < 1.29 is 9.90 Å². The highest BCUT2D eigenvalue weighted by atomic mass is 16.4. The molecule has 0 aliphatic heterocycles. The first kappa shape index (κ1) is 19.0. The van der Waals surface area contributed by atoms with Crippen molar-refractivity contribution in [3.05, 3.63) is 64.6 Å². The average Bonchev–Trinajstić information content (AvgIpc) is 2.99. The predicted molar refractivity (Wildman–Crippen MR) is 103 cm³/mol. The van der Waals surface area contributed by atoms with Crippen molar-refractivity contribution in [3.8, 4) is 12.0 Å². The number of benzene rings is 1. The largest absolute Gasteiger partial charge is 0.480 e. The fourth-order valence-corrected chi connectivity index (χ4v) is 2.88. The summed E-state index contributed by atoms with van der Waals surface area (Å²) in [6, 6.07) is 11.6. The molecule has 3 aromatic rings. The van der Waals surface area contributed by atoms with Crippen LogP contribution in [0.4, 0.5) is 5.82 Å². The maximum absolute atomic E-state index is 11.8. The van der Waals surface area contributed by atoms with Crippen LogP contribution in [0.15, 0.2) is 36.4 Å². The van der Waals surface area contributed by atoms with Crippen LogP contribution in [0.1, 0.15) is 28.2 Å². The molecular weight excluding hydrogens is 356 g/mol. The summed E-state index contributed by atoms with van der Waals surface area (Å²) in [7, 11) is 0. The third-order valence-corrected chi connectivity index (χ3v) is 4.18. The molecule has 0 aliphatic carbocycles. The first-order valence-corrected chi connectivity index (χ1v) is 8.73. The number of nitrogens with zero attached hydrogens (tertiary/aromatic N) is 5. The molecule has 142 valence electrons. The van der Waals surface area contributed by atoms with Crippen LogP contribution >= 0.6 is 0 Å². The van der Waals surface area contributed by atoms with Crippen LogP contribution in [0.25, 0.3) is 5.95 Å². The standard InChI is InChI=1S/C20H20N6O2/c1-12-9-18(24-20(22-12)26-14(3)8-13(2)25-26)23-17(19(27)28)10-15-4-6-16(11-21)7-5-15/h4-9,17H,10H2,1-3H3,(H,27,28)(H,22,23,24). The molecule has 0 radical (unpaired) electrons. The van der Waals surface area contributed by atoms with Gasteiger partial charge in [0.2, 0.25) is 0 Å². The summed E-state index contributed by atoms with van der Waals surface area (Å²) in [5.74, 6) is -0.194. The molecule has 0 amide bonds. The number of anilines is 1. The second-order valence-electron chi connectivity index (χ2n) is 6.58. The number of carbonyl (C=O) groups is 1. The van der Waals surface area contributed by atoms with E-state index in [4.69, 9.17) is 5.26 Å². The van der Waals surface area contributed by atoms with Crippen molar-refractivity contribution in [2.45, 2.75) is 33.2 Å². The average molecular weight is 376 g/mol. The van der Waals surface area contributed by atoms with Crippen LogP contribution in [0, 0.1) is 32.1 Å². The molecule has 1 unspecified atom stereocenters. The first-order chi connectivity index (χ1) is 13.4. The third kappa shape index (κ3) is 4.32. The number of nitriles is 1. The Labute approximate surface area is 162 Å². The molecule has 0 aliphatic rings. The van der Waals surface area contributed by atoms with Crippen LogP contribution in [0.3, 0.4) is 0 Å². The maximum atomic E-state index is 11.8. The van der Waals surface area contributed by atoms with E-state index in [0.717, 1.165) is 17.0 Å². The fraction of sp³-hybridized carbons (Fsp3) is 0.250. The number of hydrogen-bond donors (Lipinski definition) is 2. The lowest BCUT2D eigenvalue weighted by Gasteiger charge is -2.16. The SMILES string of the molecule is Cc1cc(NC(Cc2ccc(C#N)cc2)C(=O)O)nc(-n2nc(C)cc2C)n1. The van der Waals surface area contributed by atoms with Gasteiger partial charge in [0.05, 0.1) is 17.3 Å². The monoisotopic (exact) mass is 376 g/mol. The molecule has 1 atom stereocenters. The molecule has 0 saturated heterocycles. The highest BCUT2D eigenvalue weighted by Gasteiger charge is 2.19. The van der Waals surface area contributed by atoms with E-state index in [0.29, 0.717) is 23.0 Å². The zero-order valence-corrected chi connectivity index (χ0v) is 15.8. The predicted octanol–water partition coefficient (Wildman–Crippen LogP) is 2.57. The summed E-state index contributed by atoms with van der Waals surface area (Å²) in [4.78, 5) is 20.6. The lowest BCUT2D eigenvalue weighted by atomic mass is 10.0. The van der Waals surface area contributed by atoms with Gasteiger partial charge in [0.15, 0.2) is 0 Å². The quantitative estimate of drug-likeness (QED) is 0.679. The van der Waals surface area contributed by atoms with Gasteiger partial charge in [-0.05, 0) is 44.5 Å². The van der Waals surface area contributed by atoms with Crippen LogP contribution in [-0.2, 0) is 11.2 Å². The number of nitrogens with one attached hydrogen (secondary N) is 1. The molecule has 2 heterocycles. The molecule has 0 fully saturated rings. The van der Waals surface area contributed by atoms with Gasteiger partial charge in [-0.2, -0.15) is 15.3 Å². The van der Waals surface area contributed by atoms with E-state index in [1.165, 1.54) is 0 Å². The fourth-order valence-electron chi connectivity index (χ4n) is 2.88. The highest BCUT2D eigenvalue weighted by Crippen LogP contribution is 2.15. The van der Waals surface area contributed by atoms with Gasteiger partial charge in [-0.25, -0.2) is 14.5 Å². The van der Waals surface area contributed by atoms with E-state index in [1.807, 2.05) is 32.9 Å². The summed E-state index contributed by atoms with van der Waals surface area (Å²) in [5, 5.41) is 25.9. The number of hydrogen-bond acceptors (Lipinski definition) is 6.